The second-order valence-electron chi connectivity index (χ2n) is 4.10. The number of thiophene rings is 1. The minimum Gasteiger partial charge on any atom is -0.310 e. The van der Waals surface area contributed by atoms with Crippen molar-refractivity contribution < 1.29 is 0 Å². The van der Waals surface area contributed by atoms with Gasteiger partial charge in [0.1, 0.15) is 0 Å². The van der Waals surface area contributed by atoms with Gasteiger partial charge in [-0.2, -0.15) is 0 Å². The summed E-state index contributed by atoms with van der Waals surface area (Å²) in [6.45, 7) is 10.0. The van der Waals surface area contributed by atoms with Gasteiger partial charge in [-0.25, -0.2) is 0 Å². The molecule has 1 rings (SSSR count). The van der Waals surface area contributed by atoms with E-state index >= 15 is 0 Å². The number of nitrogens with one attached hydrogen (secondary N) is 1. The fourth-order valence-electron chi connectivity index (χ4n) is 2.16. The highest BCUT2D eigenvalue weighted by Crippen LogP contribution is 2.30. The van der Waals surface area contributed by atoms with Crippen molar-refractivity contribution >= 4 is 11.3 Å². The zero-order valence-electron chi connectivity index (χ0n) is 10.3. The first-order chi connectivity index (χ1) is 7.22. The molecule has 0 bridgehead atoms. The van der Waals surface area contributed by atoms with Crippen molar-refractivity contribution in [2.75, 3.05) is 6.54 Å². The Balaban J connectivity index is 2.81. The summed E-state index contributed by atoms with van der Waals surface area (Å²) in [7, 11) is 0. The van der Waals surface area contributed by atoms with E-state index in [1.54, 1.807) is 0 Å². The predicted molar refractivity (Wildman–Crippen MR) is 69.5 cm³/mol. The molecule has 86 valence electrons. The molecule has 15 heavy (non-hydrogen) atoms. The largest absolute Gasteiger partial charge is 0.310 e. The van der Waals surface area contributed by atoms with E-state index in [0.717, 1.165) is 12.5 Å². The SMILES string of the molecule is CCNC(c1csc(C)c1)C(CC)CC. The molecular formula is C13H23NS. The Labute approximate surface area is 97.9 Å². The summed E-state index contributed by atoms with van der Waals surface area (Å²) >= 11 is 1.86. The van der Waals surface area contributed by atoms with Gasteiger partial charge in [0, 0.05) is 10.9 Å². The highest BCUT2D eigenvalue weighted by Gasteiger charge is 2.19. The Bertz CT molecular complexity index is 276. The van der Waals surface area contributed by atoms with E-state index in [1.165, 1.54) is 23.3 Å². The lowest BCUT2D eigenvalue weighted by Crippen LogP contribution is -2.27. The molecule has 0 saturated heterocycles. The molecule has 1 aromatic heterocycles. The maximum absolute atomic E-state index is 3.62. The van der Waals surface area contributed by atoms with Crippen LogP contribution in [0.1, 0.15) is 50.1 Å². The van der Waals surface area contributed by atoms with Crippen molar-refractivity contribution in [1.82, 2.24) is 5.32 Å². The van der Waals surface area contributed by atoms with Gasteiger partial charge in [-0.15, -0.1) is 11.3 Å². The molecule has 1 heterocycles. The number of hydrogen-bond acceptors (Lipinski definition) is 2. The lowest BCUT2D eigenvalue weighted by Gasteiger charge is -2.25. The summed E-state index contributed by atoms with van der Waals surface area (Å²) in [4.78, 5) is 1.42. The van der Waals surface area contributed by atoms with Crippen molar-refractivity contribution in [1.29, 1.82) is 0 Å². The molecule has 0 saturated carbocycles. The van der Waals surface area contributed by atoms with E-state index in [9.17, 15) is 0 Å². The minimum atomic E-state index is 0.551. The summed E-state index contributed by atoms with van der Waals surface area (Å²) in [5, 5.41) is 5.93. The molecule has 0 spiro atoms. The number of aryl methyl sites for hydroxylation is 1. The van der Waals surface area contributed by atoms with Gasteiger partial charge in [-0.05, 0) is 36.4 Å². The van der Waals surface area contributed by atoms with Crippen LogP contribution >= 0.6 is 11.3 Å². The number of rotatable bonds is 6. The predicted octanol–water partition coefficient (Wildman–Crippen LogP) is 4.14. The standard InChI is InChI=1S/C13H23NS/c1-5-11(6-2)13(14-7-3)12-8-10(4)15-9-12/h8-9,11,13-14H,5-7H2,1-4H3. The Morgan fingerprint density at radius 2 is 1.93 bits per heavy atom. The van der Waals surface area contributed by atoms with Crippen molar-refractivity contribution in [3.63, 3.8) is 0 Å². The van der Waals surface area contributed by atoms with Crippen LogP contribution in [0.4, 0.5) is 0 Å². The lowest BCUT2D eigenvalue weighted by molar-refractivity contribution is 0.347. The topological polar surface area (TPSA) is 12.0 Å². The second kappa shape index (κ2) is 6.29. The van der Waals surface area contributed by atoms with Crippen LogP contribution in [-0.2, 0) is 0 Å². The molecule has 1 atom stereocenters. The average molecular weight is 225 g/mol. The third kappa shape index (κ3) is 3.32. The smallest absolute Gasteiger partial charge is 0.0356 e. The van der Waals surface area contributed by atoms with Crippen molar-refractivity contribution in [2.24, 2.45) is 5.92 Å². The molecule has 0 aromatic carbocycles. The molecule has 0 aliphatic heterocycles. The van der Waals surface area contributed by atoms with Gasteiger partial charge >= 0.3 is 0 Å². The zero-order valence-corrected chi connectivity index (χ0v) is 11.2. The van der Waals surface area contributed by atoms with Gasteiger partial charge in [-0.1, -0.05) is 33.6 Å². The zero-order chi connectivity index (χ0) is 11.3. The van der Waals surface area contributed by atoms with E-state index in [2.05, 4.69) is 44.5 Å². The van der Waals surface area contributed by atoms with E-state index in [0.29, 0.717) is 6.04 Å². The van der Waals surface area contributed by atoms with Crippen LogP contribution < -0.4 is 5.32 Å². The molecular weight excluding hydrogens is 202 g/mol. The fourth-order valence-corrected chi connectivity index (χ4v) is 2.90. The highest BCUT2D eigenvalue weighted by atomic mass is 32.1. The van der Waals surface area contributed by atoms with Crippen LogP contribution in [0.25, 0.3) is 0 Å². The van der Waals surface area contributed by atoms with Crippen LogP contribution in [-0.4, -0.2) is 6.54 Å². The monoisotopic (exact) mass is 225 g/mol. The van der Waals surface area contributed by atoms with Crippen molar-refractivity contribution in [3.8, 4) is 0 Å². The Kier molecular flexibility index (Phi) is 5.34. The fraction of sp³-hybridized carbons (Fsp3) is 0.692. The van der Waals surface area contributed by atoms with E-state index in [4.69, 9.17) is 0 Å². The summed E-state index contributed by atoms with van der Waals surface area (Å²) in [5.74, 6) is 0.763. The molecule has 1 unspecified atom stereocenters. The molecule has 0 aliphatic carbocycles. The molecule has 0 radical (unpaired) electrons. The highest BCUT2D eigenvalue weighted by molar-refractivity contribution is 7.10. The van der Waals surface area contributed by atoms with Crippen molar-refractivity contribution in [2.45, 2.75) is 46.6 Å². The first-order valence-corrected chi connectivity index (χ1v) is 6.89. The molecule has 0 aliphatic rings. The van der Waals surface area contributed by atoms with E-state index < -0.39 is 0 Å². The van der Waals surface area contributed by atoms with E-state index in [-0.39, 0.29) is 0 Å². The van der Waals surface area contributed by atoms with E-state index in [1.807, 2.05) is 11.3 Å². The van der Waals surface area contributed by atoms with Crippen LogP contribution in [0.3, 0.4) is 0 Å². The third-order valence-corrected chi connectivity index (χ3v) is 3.93. The van der Waals surface area contributed by atoms with Gasteiger partial charge in [0.15, 0.2) is 0 Å². The summed E-state index contributed by atoms with van der Waals surface area (Å²) in [6.07, 6.45) is 2.51. The Morgan fingerprint density at radius 1 is 1.27 bits per heavy atom. The normalized spacial score (nSPS) is 13.4. The minimum absolute atomic E-state index is 0.551. The van der Waals surface area contributed by atoms with Gasteiger partial charge < -0.3 is 5.32 Å². The maximum Gasteiger partial charge on any atom is 0.0356 e. The summed E-state index contributed by atoms with van der Waals surface area (Å²) < 4.78 is 0. The second-order valence-corrected chi connectivity index (χ2v) is 5.22. The van der Waals surface area contributed by atoms with Gasteiger partial charge in [-0.3, -0.25) is 0 Å². The van der Waals surface area contributed by atoms with Gasteiger partial charge in [0.2, 0.25) is 0 Å². The first-order valence-electron chi connectivity index (χ1n) is 6.01. The molecule has 0 fully saturated rings. The third-order valence-electron chi connectivity index (χ3n) is 3.05. The van der Waals surface area contributed by atoms with Crippen molar-refractivity contribution in [3.05, 3.63) is 21.9 Å². The van der Waals surface area contributed by atoms with Crippen LogP contribution in [0.5, 0.6) is 0 Å². The quantitative estimate of drug-likeness (QED) is 0.767. The summed E-state index contributed by atoms with van der Waals surface area (Å²) in [6, 6.07) is 2.88. The van der Waals surface area contributed by atoms with Crippen LogP contribution in [0.15, 0.2) is 11.4 Å². The molecule has 1 aromatic rings. The molecule has 2 heteroatoms. The number of hydrogen-bond donors (Lipinski definition) is 1. The van der Waals surface area contributed by atoms with Gasteiger partial charge in [0.25, 0.3) is 0 Å². The molecule has 1 N–H and O–H groups in total. The molecule has 1 nitrogen and oxygen atoms in total. The lowest BCUT2D eigenvalue weighted by atomic mass is 9.90. The Morgan fingerprint density at radius 3 is 2.33 bits per heavy atom. The maximum atomic E-state index is 3.62. The Hall–Kier alpha value is -0.340. The average Bonchev–Trinajstić information content (AvgIpc) is 2.65. The van der Waals surface area contributed by atoms with Gasteiger partial charge in [0.05, 0.1) is 0 Å². The molecule has 0 amide bonds. The van der Waals surface area contributed by atoms with Crippen LogP contribution in [0, 0.1) is 12.8 Å². The van der Waals surface area contributed by atoms with Crippen LogP contribution in [0.2, 0.25) is 0 Å². The first kappa shape index (κ1) is 12.7. The summed E-state index contributed by atoms with van der Waals surface area (Å²) in [5.41, 5.74) is 1.48.